The highest BCUT2D eigenvalue weighted by molar-refractivity contribution is 5.55. The van der Waals surface area contributed by atoms with Gasteiger partial charge in [0.05, 0.1) is 17.2 Å². The summed E-state index contributed by atoms with van der Waals surface area (Å²) < 4.78 is 39.2. The molecule has 0 spiro atoms. The van der Waals surface area contributed by atoms with Gasteiger partial charge in [0, 0.05) is 37.1 Å². The number of nitrogens with zero attached hydrogens (tertiary/aromatic N) is 4. The van der Waals surface area contributed by atoms with Crippen LogP contribution in [0.15, 0.2) is 36.7 Å². The van der Waals surface area contributed by atoms with Crippen LogP contribution in [-0.2, 0) is 6.18 Å². The Kier molecular flexibility index (Phi) is 4.38. The van der Waals surface area contributed by atoms with Gasteiger partial charge in [0.1, 0.15) is 5.82 Å². The van der Waals surface area contributed by atoms with Crippen LogP contribution in [0.4, 0.5) is 18.9 Å². The van der Waals surface area contributed by atoms with Crippen molar-refractivity contribution < 1.29 is 13.2 Å². The number of anilines is 1. The average molecular weight is 332 g/mol. The number of hydrogen-bond donors (Lipinski definition) is 0. The van der Waals surface area contributed by atoms with Gasteiger partial charge in [-0.2, -0.15) is 18.4 Å². The minimum absolute atomic E-state index is 0.225. The first-order valence-electron chi connectivity index (χ1n) is 7.62. The number of alkyl halides is 3. The fourth-order valence-corrected chi connectivity index (χ4v) is 2.98. The molecule has 0 saturated carbocycles. The molecule has 1 fully saturated rings. The number of rotatable bonds is 2. The van der Waals surface area contributed by atoms with Crippen LogP contribution in [0.25, 0.3) is 0 Å². The van der Waals surface area contributed by atoms with Crippen LogP contribution in [0.2, 0.25) is 0 Å². The van der Waals surface area contributed by atoms with Gasteiger partial charge in [-0.05, 0) is 37.1 Å². The maximum atomic E-state index is 13.1. The number of piperidine rings is 1. The molecule has 7 heteroatoms. The van der Waals surface area contributed by atoms with Crippen molar-refractivity contribution in [1.29, 1.82) is 5.26 Å². The predicted molar refractivity (Wildman–Crippen MR) is 82.4 cm³/mol. The third kappa shape index (κ3) is 3.32. The summed E-state index contributed by atoms with van der Waals surface area (Å²) in [7, 11) is 0. The van der Waals surface area contributed by atoms with E-state index in [9.17, 15) is 13.2 Å². The number of nitriles is 1. The summed E-state index contributed by atoms with van der Waals surface area (Å²) in [5.74, 6) is 1.01. The quantitative estimate of drug-likeness (QED) is 0.840. The molecule has 1 saturated heterocycles. The molecule has 24 heavy (non-hydrogen) atoms. The highest BCUT2D eigenvalue weighted by Gasteiger charge is 2.34. The Hall–Kier alpha value is -2.62. The van der Waals surface area contributed by atoms with Crippen LogP contribution in [-0.4, -0.2) is 23.1 Å². The second kappa shape index (κ2) is 6.48. The zero-order valence-corrected chi connectivity index (χ0v) is 12.8. The molecule has 0 unspecified atom stereocenters. The number of halogens is 3. The van der Waals surface area contributed by atoms with Crippen LogP contribution in [0.3, 0.4) is 0 Å². The minimum atomic E-state index is -4.53. The monoisotopic (exact) mass is 332 g/mol. The van der Waals surface area contributed by atoms with Crippen molar-refractivity contribution in [2.45, 2.75) is 24.9 Å². The molecule has 2 aromatic rings. The van der Waals surface area contributed by atoms with E-state index in [4.69, 9.17) is 5.26 Å². The molecule has 3 rings (SSSR count). The summed E-state index contributed by atoms with van der Waals surface area (Å²) in [6.45, 7) is 1.26. The molecule has 0 amide bonds. The van der Waals surface area contributed by atoms with Gasteiger partial charge in [-0.3, -0.25) is 0 Å². The fraction of sp³-hybridized carbons (Fsp3) is 0.353. The number of hydrogen-bond acceptors (Lipinski definition) is 4. The molecular formula is C17H15F3N4. The molecule has 1 aromatic heterocycles. The van der Waals surface area contributed by atoms with E-state index in [1.165, 1.54) is 6.07 Å². The van der Waals surface area contributed by atoms with E-state index in [0.717, 1.165) is 24.7 Å². The van der Waals surface area contributed by atoms with Crippen LogP contribution in [0.1, 0.15) is 35.7 Å². The lowest BCUT2D eigenvalue weighted by Gasteiger charge is -2.33. The Balaban J connectivity index is 1.76. The van der Waals surface area contributed by atoms with Crippen molar-refractivity contribution in [1.82, 2.24) is 9.97 Å². The topological polar surface area (TPSA) is 52.8 Å². The van der Waals surface area contributed by atoms with Gasteiger partial charge >= 0.3 is 6.18 Å². The van der Waals surface area contributed by atoms with Gasteiger partial charge in [-0.25, -0.2) is 9.97 Å². The molecule has 1 aliphatic heterocycles. The third-order valence-electron chi connectivity index (χ3n) is 4.24. The molecule has 4 nitrogen and oxygen atoms in total. The lowest BCUT2D eigenvalue weighted by atomic mass is 9.95. The zero-order chi connectivity index (χ0) is 17.2. The van der Waals surface area contributed by atoms with Crippen LogP contribution in [0.5, 0.6) is 0 Å². The van der Waals surface area contributed by atoms with Gasteiger partial charge in [0.2, 0.25) is 0 Å². The van der Waals surface area contributed by atoms with Crippen molar-refractivity contribution in [2.75, 3.05) is 18.0 Å². The van der Waals surface area contributed by atoms with E-state index < -0.39 is 11.7 Å². The van der Waals surface area contributed by atoms with Crippen LogP contribution >= 0.6 is 0 Å². The second-order valence-corrected chi connectivity index (χ2v) is 5.71. The third-order valence-corrected chi connectivity index (χ3v) is 4.24. The van der Waals surface area contributed by atoms with E-state index in [1.54, 1.807) is 30.6 Å². The average Bonchev–Trinajstić information content (AvgIpc) is 2.61. The summed E-state index contributed by atoms with van der Waals surface area (Å²) in [5, 5.41) is 8.87. The van der Waals surface area contributed by atoms with Crippen molar-refractivity contribution >= 4 is 5.69 Å². The van der Waals surface area contributed by atoms with E-state index in [1.807, 2.05) is 4.90 Å². The summed E-state index contributed by atoms with van der Waals surface area (Å²) in [5.41, 5.74) is -0.733. The maximum Gasteiger partial charge on any atom is 0.417 e. The van der Waals surface area contributed by atoms with E-state index >= 15 is 0 Å². The maximum absolute atomic E-state index is 13.1. The Bertz CT molecular complexity index is 745. The smallest absolute Gasteiger partial charge is 0.371 e. The van der Waals surface area contributed by atoms with Crippen LogP contribution in [0, 0.1) is 11.3 Å². The normalized spacial score (nSPS) is 16.0. The number of benzene rings is 1. The molecule has 0 atom stereocenters. The molecule has 1 aromatic carbocycles. The Morgan fingerprint density at radius 1 is 1.12 bits per heavy atom. The minimum Gasteiger partial charge on any atom is -0.371 e. The zero-order valence-electron chi connectivity index (χ0n) is 12.8. The Morgan fingerprint density at radius 2 is 1.79 bits per heavy atom. The Labute approximate surface area is 137 Å². The molecule has 1 aliphatic rings. The van der Waals surface area contributed by atoms with Gasteiger partial charge < -0.3 is 4.90 Å². The first-order chi connectivity index (χ1) is 11.5. The predicted octanol–water partition coefficient (Wildman–Crippen LogP) is 3.75. The highest BCUT2D eigenvalue weighted by Crippen LogP contribution is 2.36. The van der Waals surface area contributed by atoms with Crippen molar-refractivity contribution in [3.05, 3.63) is 53.6 Å². The van der Waals surface area contributed by atoms with Gasteiger partial charge in [-0.1, -0.05) is 0 Å². The van der Waals surface area contributed by atoms with Gasteiger partial charge in [0.15, 0.2) is 0 Å². The molecule has 0 aliphatic carbocycles. The van der Waals surface area contributed by atoms with Gasteiger partial charge in [-0.15, -0.1) is 0 Å². The van der Waals surface area contributed by atoms with E-state index in [0.29, 0.717) is 18.8 Å². The fourth-order valence-electron chi connectivity index (χ4n) is 2.98. The first-order valence-corrected chi connectivity index (χ1v) is 7.62. The van der Waals surface area contributed by atoms with Gasteiger partial charge in [0.25, 0.3) is 0 Å². The first kappa shape index (κ1) is 16.2. The van der Waals surface area contributed by atoms with E-state index in [2.05, 4.69) is 9.97 Å². The summed E-state index contributed by atoms with van der Waals surface area (Å²) >= 11 is 0. The summed E-state index contributed by atoms with van der Waals surface area (Å²) in [6, 6.07) is 7.25. The van der Waals surface area contributed by atoms with Crippen molar-refractivity contribution in [3.63, 3.8) is 0 Å². The molecule has 0 N–H and O–H groups in total. The molecule has 124 valence electrons. The standard InChI is InChI=1S/C17H15F3N4/c18-17(19,20)15-10-14(3-2-13(15)11-21)24-8-4-12(5-9-24)16-22-6-1-7-23-16/h1-3,6-7,10,12H,4-5,8-9H2. The largest absolute Gasteiger partial charge is 0.417 e. The molecule has 2 heterocycles. The van der Waals surface area contributed by atoms with Crippen molar-refractivity contribution in [3.8, 4) is 6.07 Å². The highest BCUT2D eigenvalue weighted by atomic mass is 19.4. The summed E-state index contributed by atoms with van der Waals surface area (Å²) in [6.07, 6.45) is 0.434. The SMILES string of the molecule is N#Cc1ccc(N2CCC(c3ncccn3)CC2)cc1C(F)(F)F. The lowest BCUT2D eigenvalue weighted by Crippen LogP contribution is -2.33. The van der Waals surface area contributed by atoms with Crippen molar-refractivity contribution in [2.24, 2.45) is 0 Å². The lowest BCUT2D eigenvalue weighted by molar-refractivity contribution is -0.137. The second-order valence-electron chi connectivity index (χ2n) is 5.71. The molecule has 0 bridgehead atoms. The molecular weight excluding hydrogens is 317 g/mol. The Morgan fingerprint density at radius 3 is 2.38 bits per heavy atom. The number of aromatic nitrogens is 2. The van der Waals surface area contributed by atoms with E-state index in [-0.39, 0.29) is 11.5 Å². The summed E-state index contributed by atoms with van der Waals surface area (Å²) in [4.78, 5) is 10.4. The van der Waals surface area contributed by atoms with Crippen LogP contribution < -0.4 is 4.90 Å². The molecule has 0 radical (unpaired) electrons.